The van der Waals surface area contributed by atoms with Crippen molar-refractivity contribution in [3.8, 4) is 0 Å². The normalized spacial score (nSPS) is 12.6. The van der Waals surface area contributed by atoms with Crippen LogP contribution in [0.2, 0.25) is 0 Å². The molecule has 0 saturated carbocycles. The Morgan fingerprint density at radius 2 is 1.63 bits per heavy atom. The molecule has 1 rings (SSSR count). The summed E-state index contributed by atoms with van der Waals surface area (Å²) >= 11 is 0. The zero-order valence-corrected chi connectivity index (χ0v) is 20.6. The summed E-state index contributed by atoms with van der Waals surface area (Å²) in [6.45, 7) is 5.40. The lowest BCUT2D eigenvalue weighted by Crippen LogP contribution is -2.57. The van der Waals surface area contributed by atoms with Crippen molar-refractivity contribution in [3.63, 3.8) is 0 Å². The summed E-state index contributed by atoms with van der Waals surface area (Å²) in [6.07, 6.45) is 0.771. The summed E-state index contributed by atoms with van der Waals surface area (Å²) in [6, 6.07) is 6.98. The Morgan fingerprint density at radius 3 is 2.14 bits per heavy atom. The lowest BCUT2D eigenvalue weighted by Gasteiger charge is -2.26. The van der Waals surface area contributed by atoms with Crippen molar-refractivity contribution in [3.05, 3.63) is 30.3 Å². The molecule has 0 aliphatic carbocycles. The molecule has 0 radical (unpaired) electrons. The number of carbonyl (C=O) groups excluding carboxylic acids is 3. The number of likely N-dealkylation sites (N-methyl/N-ethyl adjacent to an activating group) is 1. The van der Waals surface area contributed by atoms with E-state index in [1.807, 2.05) is 32.0 Å². The Hall–Kier alpha value is -3.87. The molecule has 13 heteroatoms. The summed E-state index contributed by atoms with van der Waals surface area (Å²) in [5.41, 5.74) is 16.8. The highest BCUT2D eigenvalue weighted by Gasteiger charge is 2.29. The Bertz CT molecular complexity index is 815. The first-order chi connectivity index (χ1) is 16.6. The van der Waals surface area contributed by atoms with Crippen molar-refractivity contribution < 1.29 is 24.3 Å². The van der Waals surface area contributed by atoms with Gasteiger partial charge in [0, 0.05) is 6.54 Å². The number of anilines is 1. The zero-order valence-electron chi connectivity index (χ0n) is 20.6. The maximum Gasteiger partial charge on any atom is 0.290 e. The van der Waals surface area contributed by atoms with Gasteiger partial charge in [0.15, 0.2) is 5.96 Å². The summed E-state index contributed by atoms with van der Waals surface area (Å²) in [5.74, 6) is -1.40. The van der Waals surface area contributed by atoms with E-state index < -0.39 is 29.9 Å². The van der Waals surface area contributed by atoms with Crippen LogP contribution in [0.15, 0.2) is 35.3 Å². The molecule has 0 aliphatic heterocycles. The quantitative estimate of drug-likeness (QED) is 0.0561. The smallest absolute Gasteiger partial charge is 0.290 e. The van der Waals surface area contributed by atoms with Crippen LogP contribution in [0.25, 0.3) is 0 Å². The molecular weight excluding hydrogens is 456 g/mol. The van der Waals surface area contributed by atoms with E-state index >= 15 is 0 Å². The Balaban J connectivity index is 0.00000365. The number of hydrogen-bond donors (Lipinski definition) is 8. The van der Waals surface area contributed by atoms with E-state index in [2.05, 4.69) is 31.8 Å². The molecule has 0 aliphatic rings. The number of nitrogens with one attached hydrogen (secondary N) is 5. The molecule has 35 heavy (non-hydrogen) atoms. The van der Waals surface area contributed by atoms with E-state index in [0.717, 1.165) is 0 Å². The van der Waals surface area contributed by atoms with Crippen molar-refractivity contribution in [2.45, 2.75) is 51.7 Å². The second kappa shape index (κ2) is 17.6. The minimum atomic E-state index is -0.854. The van der Waals surface area contributed by atoms with Gasteiger partial charge in [-0.15, -0.1) is 0 Å². The number of aliphatic imine (C=N–C) groups is 1. The topological polar surface area (TPSA) is 213 Å². The maximum absolute atomic E-state index is 12.9. The number of benzene rings is 1. The van der Waals surface area contributed by atoms with Gasteiger partial charge >= 0.3 is 0 Å². The van der Waals surface area contributed by atoms with Crippen LogP contribution in [0.3, 0.4) is 0 Å². The van der Waals surface area contributed by atoms with Gasteiger partial charge in [0.1, 0.15) is 12.1 Å². The van der Waals surface area contributed by atoms with Crippen molar-refractivity contribution in [2.24, 2.45) is 22.4 Å². The van der Waals surface area contributed by atoms with Gasteiger partial charge in [0.2, 0.25) is 11.8 Å². The summed E-state index contributed by atoms with van der Waals surface area (Å²) < 4.78 is 0. The average molecular weight is 495 g/mol. The molecule has 3 atom stereocenters. The van der Waals surface area contributed by atoms with Crippen LogP contribution < -0.4 is 38.3 Å². The third-order valence-corrected chi connectivity index (χ3v) is 4.76. The SMILES string of the molecule is CN[C@@H](C)C(=O)N[C@H](C(=O)N[C@@H](CCCN=C(N)N)C(=O)NNc1ccccc1)C(C)C.O=CO. The zero-order chi connectivity index (χ0) is 26.8. The van der Waals surface area contributed by atoms with Crippen LogP contribution in [0.5, 0.6) is 0 Å². The van der Waals surface area contributed by atoms with E-state index in [4.69, 9.17) is 21.4 Å². The number of para-hydroxylation sites is 1. The summed E-state index contributed by atoms with van der Waals surface area (Å²) in [5, 5.41) is 15.2. The van der Waals surface area contributed by atoms with E-state index in [-0.39, 0.29) is 24.3 Å². The van der Waals surface area contributed by atoms with Gasteiger partial charge in [-0.25, -0.2) is 0 Å². The highest BCUT2D eigenvalue weighted by molar-refractivity contribution is 5.93. The highest BCUT2D eigenvalue weighted by Crippen LogP contribution is 2.07. The molecule has 0 heterocycles. The van der Waals surface area contributed by atoms with Crippen molar-refractivity contribution in [1.29, 1.82) is 0 Å². The standard InChI is InChI=1S/C21H36N8O3.CH2O2/c1-13(2)17(27-18(30)14(3)24-4)20(32)26-16(11-8-12-25-21(22)23)19(31)29-28-15-9-6-5-7-10-15;2-1-3/h5-7,9-10,13-14,16-17,24,28H,8,11-12H2,1-4H3,(H,26,32)(H,27,30)(H,29,31)(H4,22,23,25);1H,(H,2,3)/t14-,16-,17-;/m0./s1. The van der Waals surface area contributed by atoms with Gasteiger partial charge in [-0.2, -0.15) is 0 Å². The second-order valence-corrected chi connectivity index (χ2v) is 7.84. The third-order valence-electron chi connectivity index (χ3n) is 4.76. The Morgan fingerprint density at radius 1 is 1.03 bits per heavy atom. The number of guanidine groups is 1. The van der Waals surface area contributed by atoms with Crippen molar-refractivity contribution in [1.82, 2.24) is 21.4 Å². The average Bonchev–Trinajstić information content (AvgIpc) is 2.82. The minimum Gasteiger partial charge on any atom is -0.483 e. The second-order valence-electron chi connectivity index (χ2n) is 7.84. The Kier molecular flexibility index (Phi) is 15.6. The molecule has 13 nitrogen and oxygen atoms in total. The number of rotatable bonds is 13. The number of carbonyl (C=O) groups is 4. The number of amides is 3. The van der Waals surface area contributed by atoms with Crippen LogP contribution in [0.1, 0.15) is 33.6 Å². The van der Waals surface area contributed by atoms with Crippen LogP contribution in [0, 0.1) is 5.92 Å². The number of nitrogens with zero attached hydrogens (tertiary/aromatic N) is 1. The highest BCUT2D eigenvalue weighted by atomic mass is 16.3. The molecule has 1 aromatic rings. The van der Waals surface area contributed by atoms with Crippen molar-refractivity contribution >= 4 is 35.8 Å². The number of hydrogen-bond acceptors (Lipinski definition) is 7. The first-order valence-corrected chi connectivity index (χ1v) is 11.1. The minimum absolute atomic E-state index is 0.0398. The first kappa shape index (κ1) is 31.1. The largest absolute Gasteiger partial charge is 0.483 e. The molecule has 0 saturated heterocycles. The van der Waals surface area contributed by atoms with E-state index in [1.54, 1.807) is 26.1 Å². The number of nitrogens with two attached hydrogens (primary N) is 2. The molecule has 0 bridgehead atoms. The molecule has 0 unspecified atom stereocenters. The third kappa shape index (κ3) is 13.4. The van der Waals surface area contributed by atoms with Gasteiger partial charge in [0.05, 0.1) is 11.7 Å². The van der Waals surface area contributed by atoms with Crippen LogP contribution in [-0.4, -0.2) is 67.0 Å². The monoisotopic (exact) mass is 494 g/mol. The molecule has 3 amide bonds. The fourth-order valence-electron chi connectivity index (χ4n) is 2.72. The van der Waals surface area contributed by atoms with Gasteiger partial charge in [-0.1, -0.05) is 32.0 Å². The van der Waals surface area contributed by atoms with Gasteiger partial charge in [0.25, 0.3) is 12.4 Å². The summed E-state index contributed by atoms with van der Waals surface area (Å²) in [4.78, 5) is 50.3. The Labute approximate surface area is 205 Å². The van der Waals surface area contributed by atoms with Crippen molar-refractivity contribution in [2.75, 3.05) is 19.0 Å². The molecular formula is C22H38N8O5. The number of hydrazine groups is 1. The first-order valence-electron chi connectivity index (χ1n) is 11.1. The van der Waals surface area contributed by atoms with E-state index in [1.165, 1.54) is 0 Å². The molecule has 10 N–H and O–H groups in total. The maximum atomic E-state index is 12.9. The predicted octanol–water partition coefficient (Wildman–Crippen LogP) is -0.882. The molecule has 0 spiro atoms. The van der Waals surface area contributed by atoms with E-state index in [9.17, 15) is 14.4 Å². The van der Waals surface area contributed by atoms with Gasteiger partial charge in [-0.3, -0.25) is 35.0 Å². The molecule has 0 aromatic heterocycles. The lowest BCUT2D eigenvalue weighted by molar-refractivity contribution is -0.133. The molecule has 1 aromatic carbocycles. The molecule has 196 valence electrons. The van der Waals surface area contributed by atoms with Gasteiger partial charge in [-0.05, 0) is 44.9 Å². The van der Waals surface area contributed by atoms with Crippen LogP contribution in [-0.2, 0) is 19.2 Å². The summed E-state index contributed by atoms with van der Waals surface area (Å²) in [7, 11) is 1.66. The van der Waals surface area contributed by atoms with Gasteiger partial charge < -0.3 is 32.5 Å². The fraction of sp³-hybridized carbons (Fsp3) is 0.500. The molecule has 0 fully saturated rings. The fourth-order valence-corrected chi connectivity index (χ4v) is 2.72. The predicted molar refractivity (Wildman–Crippen MR) is 134 cm³/mol. The number of carboxylic acid groups (broad SMARTS) is 1. The van der Waals surface area contributed by atoms with Crippen LogP contribution in [0.4, 0.5) is 5.69 Å². The van der Waals surface area contributed by atoms with E-state index in [0.29, 0.717) is 25.1 Å². The van der Waals surface area contributed by atoms with Crippen LogP contribution >= 0.6 is 0 Å². The lowest BCUT2D eigenvalue weighted by atomic mass is 10.0.